The van der Waals surface area contributed by atoms with E-state index in [2.05, 4.69) is 21.2 Å². The summed E-state index contributed by atoms with van der Waals surface area (Å²) >= 11 is 4.84. The van der Waals surface area contributed by atoms with Crippen LogP contribution in [0.2, 0.25) is 0 Å². The number of carbonyl (C=O) groups is 3. The van der Waals surface area contributed by atoms with E-state index in [0.29, 0.717) is 24.2 Å². The summed E-state index contributed by atoms with van der Waals surface area (Å²) in [5, 5.41) is 11.8. The number of hydrogen-bond donors (Lipinski definition) is 2. The molecule has 1 aromatic rings. The van der Waals surface area contributed by atoms with Gasteiger partial charge in [0, 0.05) is 4.88 Å². The van der Waals surface area contributed by atoms with E-state index in [1.807, 2.05) is 12.1 Å². The number of carboxylic acid groups (broad SMARTS) is 1. The molecular weight excluding hydrogens is 470 g/mol. The summed E-state index contributed by atoms with van der Waals surface area (Å²) < 4.78 is 28.0. The SMILES string of the molecule is O=C(O)[C@@H]1[C@@H](CCc2ccc(Br)s2)C(=O)N1C(=O)N[C@H](C(F)F)C1CCCCC1. The zero-order chi connectivity index (χ0) is 21.1. The van der Waals surface area contributed by atoms with Crippen molar-refractivity contribution in [1.29, 1.82) is 0 Å². The number of amides is 3. The first-order valence-corrected chi connectivity index (χ1v) is 11.3. The van der Waals surface area contributed by atoms with Crippen molar-refractivity contribution < 1.29 is 28.3 Å². The van der Waals surface area contributed by atoms with Gasteiger partial charge in [-0.2, -0.15) is 0 Å². The molecule has 3 rings (SSSR count). The highest BCUT2D eigenvalue weighted by Crippen LogP contribution is 2.34. The van der Waals surface area contributed by atoms with Gasteiger partial charge < -0.3 is 10.4 Å². The third kappa shape index (κ3) is 4.96. The Morgan fingerprint density at radius 1 is 1.28 bits per heavy atom. The Labute approximate surface area is 179 Å². The minimum atomic E-state index is -2.77. The van der Waals surface area contributed by atoms with Crippen molar-refractivity contribution in [3.8, 4) is 0 Å². The van der Waals surface area contributed by atoms with E-state index in [4.69, 9.17) is 0 Å². The second-order valence-electron chi connectivity index (χ2n) is 7.55. The fraction of sp³-hybridized carbons (Fsp3) is 0.632. The average molecular weight is 493 g/mol. The highest BCUT2D eigenvalue weighted by molar-refractivity contribution is 9.11. The number of rotatable bonds is 7. The number of carboxylic acids is 1. The van der Waals surface area contributed by atoms with Crippen LogP contribution in [0.5, 0.6) is 0 Å². The maximum Gasteiger partial charge on any atom is 0.327 e. The number of imide groups is 1. The molecule has 2 aliphatic rings. The summed E-state index contributed by atoms with van der Waals surface area (Å²) in [5.41, 5.74) is 0. The Morgan fingerprint density at radius 3 is 2.52 bits per heavy atom. The molecule has 1 aliphatic heterocycles. The van der Waals surface area contributed by atoms with Crippen LogP contribution >= 0.6 is 27.3 Å². The largest absolute Gasteiger partial charge is 0.480 e. The molecule has 0 unspecified atom stereocenters. The quantitative estimate of drug-likeness (QED) is 0.556. The minimum absolute atomic E-state index is 0.285. The van der Waals surface area contributed by atoms with Crippen molar-refractivity contribution in [2.75, 3.05) is 0 Å². The Balaban J connectivity index is 1.64. The molecule has 1 aromatic heterocycles. The van der Waals surface area contributed by atoms with Crippen LogP contribution in [0.4, 0.5) is 13.6 Å². The monoisotopic (exact) mass is 492 g/mol. The fourth-order valence-corrected chi connectivity index (χ4v) is 5.71. The number of nitrogens with one attached hydrogen (secondary N) is 1. The van der Waals surface area contributed by atoms with Crippen molar-refractivity contribution in [1.82, 2.24) is 10.2 Å². The number of nitrogens with zero attached hydrogens (tertiary/aromatic N) is 1. The molecule has 10 heteroatoms. The predicted octanol–water partition coefficient (Wildman–Crippen LogP) is 4.28. The average Bonchev–Trinajstić information content (AvgIpc) is 3.09. The lowest BCUT2D eigenvalue weighted by Crippen LogP contribution is -2.69. The fourth-order valence-electron chi connectivity index (χ4n) is 4.21. The van der Waals surface area contributed by atoms with Crippen LogP contribution in [-0.4, -0.2) is 46.4 Å². The van der Waals surface area contributed by atoms with Gasteiger partial charge in [-0.1, -0.05) is 19.3 Å². The highest BCUT2D eigenvalue weighted by Gasteiger charge is 2.55. The first-order chi connectivity index (χ1) is 13.8. The molecule has 0 aromatic carbocycles. The van der Waals surface area contributed by atoms with Gasteiger partial charge in [0.25, 0.3) is 6.43 Å². The lowest BCUT2D eigenvalue weighted by Gasteiger charge is -2.43. The molecule has 0 radical (unpaired) electrons. The molecule has 2 N–H and O–H groups in total. The van der Waals surface area contributed by atoms with Crippen LogP contribution in [0, 0.1) is 11.8 Å². The van der Waals surface area contributed by atoms with Gasteiger partial charge in [0.05, 0.1) is 15.7 Å². The number of likely N-dealkylation sites (tertiary alicyclic amines) is 1. The zero-order valence-electron chi connectivity index (χ0n) is 15.7. The van der Waals surface area contributed by atoms with Crippen LogP contribution in [-0.2, 0) is 16.0 Å². The van der Waals surface area contributed by atoms with Gasteiger partial charge in [0.2, 0.25) is 5.91 Å². The molecule has 1 saturated heterocycles. The Morgan fingerprint density at radius 2 is 1.97 bits per heavy atom. The van der Waals surface area contributed by atoms with Gasteiger partial charge in [-0.25, -0.2) is 23.3 Å². The molecule has 2 fully saturated rings. The number of thiophene rings is 1. The van der Waals surface area contributed by atoms with E-state index in [9.17, 15) is 28.3 Å². The number of alkyl halides is 2. The Bertz CT molecular complexity index is 769. The summed E-state index contributed by atoms with van der Waals surface area (Å²) in [5.74, 6) is -3.12. The standard InChI is InChI=1S/C19H23BrF2N2O4S/c20-13-9-7-11(29-13)6-8-12-15(18(26)27)24(17(12)25)19(28)23-14(16(21)22)10-4-2-1-3-5-10/h7,9-10,12,14-16H,1-6,8H2,(H,23,28)(H,26,27)/t12-,14+,15+/m1/s1. The van der Waals surface area contributed by atoms with E-state index in [0.717, 1.165) is 27.9 Å². The van der Waals surface area contributed by atoms with Crippen LogP contribution in [0.25, 0.3) is 0 Å². The maximum absolute atomic E-state index is 13.5. The molecule has 1 saturated carbocycles. The molecular formula is C19H23BrF2N2O4S. The zero-order valence-corrected chi connectivity index (χ0v) is 18.1. The molecule has 6 nitrogen and oxygen atoms in total. The van der Waals surface area contributed by atoms with Gasteiger partial charge in [-0.15, -0.1) is 11.3 Å². The second-order valence-corrected chi connectivity index (χ2v) is 10.1. The van der Waals surface area contributed by atoms with Crippen molar-refractivity contribution >= 4 is 45.2 Å². The van der Waals surface area contributed by atoms with Crippen molar-refractivity contribution in [2.45, 2.75) is 63.5 Å². The molecule has 3 atom stereocenters. The van der Waals surface area contributed by atoms with E-state index in [-0.39, 0.29) is 12.3 Å². The van der Waals surface area contributed by atoms with Crippen LogP contribution in [0.1, 0.15) is 43.4 Å². The smallest absolute Gasteiger partial charge is 0.327 e. The van der Waals surface area contributed by atoms with Crippen LogP contribution < -0.4 is 5.32 Å². The van der Waals surface area contributed by atoms with Crippen LogP contribution in [0.15, 0.2) is 15.9 Å². The lowest BCUT2D eigenvalue weighted by atomic mass is 9.83. The molecule has 0 spiro atoms. The minimum Gasteiger partial charge on any atom is -0.480 e. The molecule has 3 amide bonds. The number of carbonyl (C=O) groups excluding carboxylic acids is 2. The molecule has 160 valence electrons. The first-order valence-electron chi connectivity index (χ1n) is 9.68. The van der Waals surface area contributed by atoms with E-state index < -0.39 is 42.3 Å². The summed E-state index contributed by atoms with van der Waals surface area (Å²) in [4.78, 5) is 38.3. The third-order valence-electron chi connectivity index (χ3n) is 5.74. The van der Waals surface area contributed by atoms with Gasteiger partial charge in [-0.3, -0.25) is 4.79 Å². The van der Waals surface area contributed by atoms with Gasteiger partial charge in [0.15, 0.2) is 6.04 Å². The maximum atomic E-state index is 13.5. The lowest BCUT2D eigenvalue weighted by molar-refractivity contribution is -0.166. The van der Waals surface area contributed by atoms with E-state index in [1.54, 1.807) is 0 Å². The topological polar surface area (TPSA) is 86.7 Å². The van der Waals surface area contributed by atoms with E-state index in [1.165, 1.54) is 11.3 Å². The van der Waals surface area contributed by atoms with Crippen molar-refractivity contribution in [3.05, 3.63) is 20.8 Å². The summed E-state index contributed by atoms with van der Waals surface area (Å²) in [6.07, 6.45) is 1.83. The second kappa shape index (κ2) is 9.51. The number of urea groups is 1. The first kappa shape index (κ1) is 22.1. The predicted molar refractivity (Wildman–Crippen MR) is 107 cm³/mol. The normalized spacial score (nSPS) is 23.7. The van der Waals surface area contributed by atoms with Crippen molar-refractivity contribution in [2.24, 2.45) is 11.8 Å². The number of aryl methyl sites for hydroxylation is 1. The number of halogens is 3. The Hall–Kier alpha value is -1.55. The van der Waals surface area contributed by atoms with E-state index >= 15 is 0 Å². The van der Waals surface area contributed by atoms with Gasteiger partial charge in [0.1, 0.15) is 0 Å². The third-order valence-corrected chi connectivity index (χ3v) is 7.42. The summed E-state index contributed by atoms with van der Waals surface area (Å²) in [6, 6.07) is 0.0269. The van der Waals surface area contributed by atoms with Gasteiger partial charge >= 0.3 is 12.0 Å². The van der Waals surface area contributed by atoms with Crippen LogP contribution in [0.3, 0.4) is 0 Å². The highest BCUT2D eigenvalue weighted by atomic mass is 79.9. The summed E-state index contributed by atoms with van der Waals surface area (Å²) in [6.45, 7) is 0. The summed E-state index contributed by atoms with van der Waals surface area (Å²) in [7, 11) is 0. The molecule has 2 heterocycles. The molecule has 0 bridgehead atoms. The number of β-lactam (4-membered cyclic amide) rings is 1. The van der Waals surface area contributed by atoms with Gasteiger partial charge in [-0.05, 0) is 59.7 Å². The number of aliphatic carboxylic acids is 1. The van der Waals surface area contributed by atoms with Crippen molar-refractivity contribution in [3.63, 3.8) is 0 Å². The molecule has 29 heavy (non-hydrogen) atoms. The number of hydrogen-bond acceptors (Lipinski definition) is 4. The molecule has 1 aliphatic carbocycles. The Kier molecular flexibility index (Phi) is 7.26.